The first-order valence-electron chi connectivity index (χ1n) is 4.24. The molecule has 3 nitrogen and oxygen atoms in total. The van der Waals surface area contributed by atoms with Gasteiger partial charge in [-0.2, -0.15) is 0 Å². The van der Waals surface area contributed by atoms with Gasteiger partial charge in [-0.15, -0.1) is 0 Å². The lowest BCUT2D eigenvalue weighted by atomic mass is 10.2. The quantitative estimate of drug-likeness (QED) is 0.715. The fraction of sp³-hybridized carbons (Fsp3) is 0.200. The highest BCUT2D eigenvalue weighted by atomic mass is 32.2. The molecular weight excluding hydrogens is 198 g/mol. The van der Waals surface area contributed by atoms with Gasteiger partial charge >= 0.3 is 0 Å². The second kappa shape index (κ2) is 2.85. The second-order valence-electron chi connectivity index (χ2n) is 3.37. The average molecular weight is 209 g/mol. The summed E-state index contributed by atoms with van der Waals surface area (Å²) in [6, 6.07) is 9.31. The van der Waals surface area contributed by atoms with Crippen LogP contribution in [0.3, 0.4) is 0 Å². The fourth-order valence-corrected chi connectivity index (χ4v) is 2.56. The Morgan fingerprint density at radius 1 is 1.21 bits per heavy atom. The highest BCUT2D eigenvalue weighted by Crippen LogP contribution is 2.21. The monoisotopic (exact) mass is 209 g/mol. The molecule has 0 saturated heterocycles. The van der Waals surface area contributed by atoms with Crippen LogP contribution >= 0.6 is 0 Å². The maximum atomic E-state index is 11.4. The zero-order chi connectivity index (χ0) is 10.3. The normalized spacial score (nSPS) is 12.1. The molecule has 0 radical (unpaired) electrons. The van der Waals surface area contributed by atoms with E-state index in [0.29, 0.717) is 5.03 Å². The third kappa shape index (κ3) is 1.32. The first-order valence-corrected chi connectivity index (χ1v) is 6.14. The van der Waals surface area contributed by atoms with Crippen LogP contribution in [0, 0.1) is 0 Å². The highest BCUT2D eigenvalue weighted by molar-refractivity contribution is 7.90. The molecule has 0 bridgehead atoms. The molecule has 0 N–H and O–H groups in total. The molecular formula is C10H11NO2S. The van der Waals surface area contributed by atoms with E-state index in [1.807, 2.05) is 24.3 Å². The Hall–Kier alpha value is -1.29. The molecule has 4 heteroatoms. The topological polar surface area (TPSA) is 39.1 Å². The van der Waals surface area contributed by atoms with E-state index < -0.39 is 9.84 Å². The summed E-state index contributed by atoms with van der Waals surface area (Å²) >= 11 is 0. The van der Waals surface area contributed by atoms with Crippen molar-refractivity contribution < 1.29 is 8.42 Å². The zero-order valence-corrected chi connectivity index (χ0v) is 8.88. The largest absolute Gasteiger partial charge is 0.335 e. The molecule has 1 aromatic carbocycles. The number of nitrogens with zero attached hydrogens (tertiary/aromatic N) is 1. The standard InChI is InChI=1S/C10H11NO2S/c1-11-9-6-4-3-5-8(9)7-10(11)14(2,12)13/h3-7H,1-2H3. The third-order valence-electron chi connectivity index (χ3n) is 2.29. The number of benzene rings is 1. The van der Waals surface area contributed by atoms with Crippen molar-refractivity contribution in [1.82, 2.24) is 4.57 Å². The average Bonchev–Trinajstić information content (AvgIpc) is 2.44. The van der Waals surface area contributed by atoms with E-state index in [4.69, 9.17) is 0 Å². The van der Waals surface area contributed by atoms with E-state index in [-0.39, 0.29) is 0 Å². The van der Waals surface area contributed by atoms with Gasteiger partial charge in [-0.3, -0.25) is 0 Å². The van der Waals surface area contributed by atoms with Crippen molar-refractivity contribution in [2.45, 2.75) is 5.03 Å². The van der Waals surface area contributed by atoms with Gasteiger partial charge in [0.25, 0.3) is 0 Å². The molecule has 0 aliphatic rings. The minimum absolute atomic E-state index is 0.360. The summed E-state index contributed by atoms with van der Waals surface area (Å²) in [5.74, 6) is 0. The predicted octanol–water partition coefficient (Wildman–Crippen LogP) is 1.58. The van der Waals surface area contributed by atoms with Gasteiger partial charge in [-0.05, 0) is 12.1 Å². The van der Waals surface area contributed by atoms with Gasteiger partial charge < -0.3 is 4.57 Å². The van der Waals surface area contributed by atoms with Gasteiger partial charge in [0.2, 0.25) is 0 Å². The first-order chi connectivity index (χ1) is 6.50. The lowest BCUT2D eigenvalue weighted by Gasteiger charge is -2.00. The summed E-state index contributed by atoms with van der Waals surface area (Å²) in [4.78, 5) is 0. The molecule has 0 fully saturated rings. The Labute approximate surface area is 82.9 Å². The molecule has 0 atom stereocenters. The number of aryl methyl sites for hydroxylation is 1. The Kier molecular flexibility index (Phi) is 1.89. The molecule has 0 unspecified atom stereocenters. The summed E-state index contributed by atoms with van der Waals surface area (Å²) in [6.45, 7) is 0. The maximum Gasteiger partial charge on any atom is 0.190 e. The van der Waals surface area contributed by atoms with Crippen LogP contribution in [0.1, 0.15) is 0 Å². The minimum atomic E-state index is -3.13. The number of para-hydroxylation sites is 1. The van der Waals surface area contributed by atoms with Gasteiger partial charge in [0.1, 0.15) is 5.03 Å². The van der Waals surface area contributed by atoms with Crippen LogP contribution in [0.2, 0.25) is 0 Å². The molecule has 0 saturated carbocycles. The van der Waals surface area contributed by atoms with Gasteiger partial charge in [0.15, 0.2) is 9.84 Å². The molecule has 2 aromatic rings. The van der Waals surface area contributed by atoms with Crippen LogP contribution in [-0.4, -0.2) is 19.2 Å². The van der Waals surface area contributed by atoms with Gasteiger partial charge in [0, 0.05) is 24.2 Å². The van der Waals surface area contributed by atoms with Crippen molar-refractivity contribution in [3.8, 4) is 0 Å². The van der Waals surface area contributed by atoms with Gasteiger partial charge in [0.05, 0.1) is 0 Å². The minimum Gasteiger partial charge on any atom is -0.335 e. The number of fused-ring (bicyclic) bond motifs is 1. The van der Waals surface area contributed by atoms with Crippen LogP contribution in [0.25, 0.3) is 10.9 Å². The molecule has 0 amide bonds. The molecule has 0 aliphatic heterocycles. The molecule has 1 heterocycles. The van der Waals surface area contributed by atoms with Crippen molar-refractivity contribution in [1.29, 1.82) is 0 Å². The van der Waals surface area contributed by atoms with Crippen molar-refractivity contribution >= 4 is 20.7 Å². The number of hydrogen-bond acceptors (Lipinski definition) is 2. The first kappa shape index (κ1) is 9.27. The SMILES string of the molecule is Cn1c(S(C)(=O)=O)cc2ccccc21. The van der Waals surface area contributed by atoms with Crippen LogP contribution in [0.5, 0.6) is 0 Å². The molecule has 14 heavy (non-hydrogen) atoms. The van der Waals surface area contributed by atoms with Crippen molar-refractivity contribution in [3.63, 3.8) is 0 Å². The van der Waals surface area contributed by atoms with E-state index in [0.717, 1.165) is 10.9 Å². The highest BCUT2D eigenvalue weighted by Gasteiger charge is 2.13. The van der Waals surface area contributed by atoms with Crippen LogP contribution in [0.4, 0.5) is 0 Å². The Balaban J connectivity index is 2.89. The molecule has 2 rings (SSSR count). The number of rotatable bonds is 1. The lowest BCUT2D eigenvalue weighted by molar-refractivity contribution is 0.593. The molecule has 0 spiro atoms. The molecule has 0 aliphatic carbocycles. The zero-order valence-electron chi connectivity index (χ0n) is 8.06. The van der Waals surface area contributed by atoms with Crippen LogP contribution in [0.15, 0.2) is 35.4 Å². The van der Waals surface area contributed by atoms with Crippen molar-refractivity contribution in [2.75, 3.05) is 6.26 Å². The van der Waals surface area contributed by atoms with Gasteiger partial charge in [-0.1, -0.05) is 18.2 Å². The van der Waals surface area contributed by atoms with Crippen LogP contribution < -0.4 is 0 Å². The van der Waals surface area contributed by atoms with E-state index in [2.05, 4.69) is 0 Å². The number of aromatic nitrogens is 1. The van der Waals surface area contributed by atoms with E-state index >= 15 is 0 Å². The summed E-state index contributed by atoms with van der Waals surface area (Å²) in [6.07, 6.45) is 1.22. The van der Waals surface area contributed by atoms with Crippen molar-refractivity contribution in [3.05, 3.63) is 30.3 Å². The lowest BCUT2D eigenvalue weighted by Crippen LogP contribution is -2.03. The fourth-order valence-electron chi connectivity index (χ4n) is 1.62. The smallest absolute Gasteiger partial charge is 0.190 e. The Morgan fingerprint density at radius 2 is 1.86 bits per heavy atom. The van der Waals surface area contributed by atoms with E-state index in [1.165, 1.54) is 6.26 Å². The number of hydrogen-bond donors (Lipinski definition) is 0. The third-order valence-corrected chi connectivity index (χ3v) is 3.44. The summed E-state index contributed by atoms with van der Waals surface area (Å²) in [5, 5.41) is 1.31. The molecule has 1 aromatic heterocycles. The number of sulfone groups is 1. The predicted molar refractivity (Wildman–Crippen MR) is 56.0 cm³/mol. The Morgan fingerprint density at radius 3 is 2.43 bits per heavy atom. The summed E-state index contributed by atoms with van der Waals surface area (Å²) < 4.78 is 24.5. The summed E-state index contributed by atoms with van der Waals surface area (Å²) in [5.41, 5.74) is 0.938. The van der Waals surface area contributed by atoms with Gasteiger partial charge in [-0.25, -0.2) is 8.42 Å². The molecule has 74 valence electrons. The van der Waals surface area contributed by atoms with E-state index in [9.17, 15) is 8.42 Å². The van der Waals surface area contributed by atoms with Crippen LogP contribution in [-0.2, 0) is 16.9 Å². The van der Waals surface area contributed by atoms with E-state index in [1.54, 1.807) is 17.7 Å². The Bertz CT molecular complexity index is 581. The maximum absolute atomic E-state index is 11.4. The summed E-state index contributed by atoms with van der Waals surface area (Å²) in [7, 11) is -1.37. The van der Waals surface area contributed by atoms with Crippen molar-refractivity contribution in [2.24, 2.45) is 7.05 Å². The second-order valence-corrected chi connectivity index (χ2v) is 5.34.